The molecule has 0 spiro atoms. The van der Waals surface area contributed by atoms with Crippen LogP contribution < -0.4 is 19.5 Å². The van der Waals surface area contributed by atoms with Crippen molar-refractivity contribution in [3.8, 4) is 17.2 Å². The van der Waals surface area contributed by atoms with E-state index in [2.05, 4.69) is 5.32 Å². The molecule has 1 amide bonds. The summed E-state index contributed by atoms with van der Waals surface area (Å²) >= 11 is 12.0. The van der Waals surface area contributed by atoms with Gasteiger partial charge in [0.2, 0.25) is 5.75 Å². The number of nitrogens with one attached hydrogen (secondary N) is 1. The molecule has 0 aliphatic heterocycles. The first-order valence-electron chi connectivity index (χ1n) is 6.20. The second-order valence-corrected chi connectivity index (χ2v) is 4.92. The fraction of sp³-hybridized carbons (Fsp3) is 0.133. The first-order chi connectivity index (χ1) is 10.6. The lowest BCUT2D eigenvalue weighted by Gasteiger charge is -2.14. The average molecular weight is 342 g/mol. The zero-order valence-electron chi connectivity index (χ0n) is 11.9. The van der Waals surface area contributed by atoms with Crippen LogP contribution >= 0.6 is 23.2 Å². The van der Waals surface area contributed by atoms with Crippen LogP contribution in [0.3, 0.4) is 0 Å². The van der Waals surface area contributed by atoms with Crippen LogP contribution in [0.4, 0.5) is 10.5 Å². The highest BCUT2D eigenvalue weighted by Gasteiger charge is 2.17. The number of carbonyl (C=O) groups excluding carboxylic acids is 1. The molecular weight excluding hydrogens is 329 g/mol. The van der Waals surface area contributed by atoms with Gasteiger partial charge in [0, 0.05) is 0 Å². The lowest BCUT2D eigenvalue weighted by molar-refractivity contribution is 0.210. The molecule has 0 radical (unpaired) electrons. The van der Waals surface area contributed by atoms with Crippen molar-refractivity contribution in [2.75, 3.05) is 19.5 Å². The Kier molecular flexibility index (Phi) is 5.35. The van der Waals surface area contributed by atoms with Gasteiger partial charge in [0.1, 0.15) is 0 Å². The maximum Gasteiger partial charge on any atom is 0.417 e. The van der Waals surface area contributed by atoms with E-state index in [-0.39, 0.29) is 11.4 Å². The van der Waals surface area contributed by atoms with Gasteiger partial charge in [-0.15, -0.1) is 0 Å². The van der Waals surface area contributed by atoms with E-state index in [0.717, 1.165) is 0 Å². The summed E-state index contributed by atoms with van der Waals surface area (Å²) in [5.74, 6) is 0.882. The van der Waals surface area contributed by atoms with Crippen molar-refractivity contribution in [3.63, 3.8) is 0 Å². The smallest absolute Gasteiger partial charge is 0.417 e. The van der Waals surface area contributed by atoms with Crippen LogP contribution in [0.5, 0.6) is 17.2 Å². The summed E-state index contributed by atoms with van der Waals surface area (Å²) in [7, 11) is 2.93. The fourth-order valence-electron chi connectivity index (χ4n) is 1.76. The molecule has 0 saturated heterocycles. The van der Waals surface area contributed by atoms with Gasteiger partial charge < -0.3 is 14.2 Å². The molecule has 22 heavy (non-hydrogen) atoms. The number of benzene rings is 2. The zero-order valence-corrected chi connectivity index (χ0v) is 13.4. The molecule has 1 N–H and O–H groups in total. The van der Waals surface area contributed by atoms with Gasteiger partial charge >= 0.3 is 6.09 Å². The van der Waals surface area contributed by atoms with Crippen molar-refractivity contribution < 1.29 is 19.0 Å². The standard InChI is InChI=1S/C15H13Cl2NO4/c1-20-11-7-4-8-12(21-2)14(11)22-15(19)18-13-9(16)5-3-6-10(13)17/h3-8H,1-2H3,(H,18,19). The van der Waals surface area contributed by atoms with Crippen LogP contribution in [0.1, 0.15) is 0 Å². The van der Waals surface area contributed by atoms with Crippen molar-refractivity contribution >= 4 is 35.0 Å². The Hall–Kier alpha value is -2.11. The number of hydrogen-bond donors (Lipinski definition) is 1. The first kappa shape index (κ1) is 16.3. The van der Waals surface area contributed by atoms with Gasteiger partial charge in [-0.25, -0.2) is 4.79 Å². The quantitative estimate of drug-likeness (QED) is 0.881. The number of carbonyl (C=O) groups is 1. The van der Waals surface area contributed by atoms with Gasteiger partial charge in [-0.3, -0.25) is 5.32 Å². The largest absolute Gasteiger partial charge is 0.493 e. The average Bonchev–Trinajstić information content (AvgIpc) is 2.51. The second kappa shape index (κ2) is 7.24. The molecule has 0 aliphatic rings. The Labute approximate surface area is 137 Å². The topological polar surface area (TPSA) is 56.8 Å². The molecule has 0 saturated carbocycles. The lowest BCUT2D eigenvalue weighted by atomic mass is 10.3. The van der Waals surface area contributed by atoms with Crippen molar-refractivity contribution in [2.24, 2.45) is 0 Å². The van der Waals surface area contributed by atoms with E-state index < -0.39 is 6.09 Å². The number of halogens is 2. The normalized spacial score (nSPS) is 10.0. The highest BCUT2D eigenvalue weighted by Crippen LogP contribution is 2.37. The molecule has 116 valence electrons. The predicted octanol–water partition coefficient (Wildman–Crippen LogP) is 4.62. The maximum absolute atomic E-state index is 12.1. The van der Waals surface area contributed by atoms with Crippen molar-refractivity contribution in [1.82, 2.24) is 0 Å². The van der Waals surface area contributed by atoms with E-state index in [4.69, 9.17) is 37.4 Å². The van der Waals surface area contributed by atoms with Crippen LogP contribution in [-0.4, -0.2) is 20.3 Å². The van der Waals surface area contributed by atoms with Crippen LogP contribution in [0.2, 0.25) is 10.0 Å². The number of amides is 1. The molecule has 5 nitrogen and oxygen atoms in total. The predicted molar refractivity (Wildman–Crippen MR) is 85.7 cm³/mol. The van der Waals surface area contributed by atoms with E-state index in [0.29, 0.717) is 21.5 Å². The number of rotatable bonds is 4. The van der Waals surface area contributed by atoms with Gasteiger partial charge in [-0.1, -0.05) is 35.3 Å². The van der Waals surface area contributed by atoms with E-state index in [1.165, 1.54) is 14.2 Å². The van der Waals surface area contributed by atoms with Crippen molar-refractivity contribution in [2.45, 2.75) is 0 Å². The Balaban J connectivity index is 2.23. The Bertz CT molecular complexity index is 649. The summed E-state index contributed by atoms with van der Waals surface area (Å²) in [6.07, 6.45) is -0.766. The minimum atomic E-state index is -0.766. The van der Waals surface area contributed by atoms with E-state index in [1.54, 1.807) is 36.4 Å². The Morgan fingerprint density at radius 3 is 1.95 bits per heavy atom. The molecule has 7 heteroatoms. The molecular formula is C15H13Cl2NO4. The van der Waals surface area contributed by atoms with Crippen LogP contribution in [0, 0.1) is 0 Å². The molecule has 2 aromatic rings. The zero-order chi connectivity index (χ0) is 16.1. The number of methoxy groups -OCH3 is 2. The van der Waals surface area contributed by atoms with Gasteiger partial charge in [0.25, 0.3) is 0 Å². The molecule has 0 unspecified atom stereocenters. The fourth-order valence-corrected chi connectivity index (χ4v) is 2.25. The minimum Gasteiger partial charge on any atom is -0.493 e. The van der Waals surface area contributed by atoms with Gasteiger partial charge in [-0.05, 0) is 24.3 Å². The van der Waals surface area contributed by atoms with Gasteiger partial charge in [-0.2, -0.15) is 0 Å². The summed E-state index contributed by atoms with van der Waals surface area (Å²) in [4.78, 5) is 12.1. The second-order valence-electron chi connectivity index (χ2n) is 4.10. The van der Waals surface area contributed by atoms with Crippen LogP contribution in [0.15, 0.2) is 36.4 Å². The highest BCUT2D eigenvalue weighted by atomic mass is 35.5. The molecule has 0 fully saturated rings. The Morgan fingerprint density at radius 1 is 0.955 bits per heavy atom. The molecule has 2 aromatic carbocycles. The third-order valence-electron chi connectivity index (χ3n) is 2.77. The molecule has 0 heterocycles. The SMILES string of the molecule is COc1cccc(OC)c1OC(=O)Nc1c(Cl)cccc1Cl. The summed E-state index contributed by atoms with van der Waals surface area (Å²) in [5, 5.41) is 3.10. The summed E-state index contributed by atoms with van der Waals surface area (Å²) in [5.41, 5.74) is 0.268. The monoisotopic (exact) mass is 341 g/mol. The van der Waals surface area contributed by atoms with Crippen molar-refractivity contribution in [3.05, 3.63) is 46.4 Å². The number of ether oxygens (including phenoxy) is 3. The van der Waals surface area contributed by atoms with E-state index >= 15 is 0 Å². The highest BCUT2D eigenvalue weighted by molar-refractivity contribution is 6.39. The van der Waals surface area contributed by atoms with E-state index in [9.17, 15) is 4.79 Å². The Morgan fingerprint density at radius 2 is 1.45 bits per heavy atom. The maximum atomic E-state index is 12.1. The number of para-hydroxylation sites is 2. The number of hydrogen-bond acceptors (Lipinski definition) is 4. The summed E-state index contributed by atoms with van der Waals surface area (Å²) < 4.78 is 15.6. The van der Waals surface area contributed by atoms with E-state index in [1.807, 2.05) is 0 Å². The summed E-state index contributed by atoms with van der Waals surface area (Å²) in [6, 6.07) is 9.89. The number of anilines is 1. The molecule has 0 aliphatic carbocycles. The lowest BCUT2D eigenvalue weighted by Crippen LogP contribution is -2.18. The van der Waals surface area contributed by atoms with Crippen molar-refractivity contribution in [1.29, 1.82) is 0 Å². The molecule has 0 aromatic heterocycles. The third-order valence-corrected chi connectivity index (χ3v) is 3.40. The van der Waals surface area contributed by atoms with Crippen LogP contribution in [-0.2, 0) is 0 Å². The van der Waals surface area contributed by atoms with Crippen LogP contribution in [0.25, 0.3) is 0 Å². The van der Waals surface area contributed by atoms with Gasteiger partial charge in [0.05, 0.1) is 30.0 Å². The third kappa shape index (κ3) is 3.55. The minimum absolute atomic E-state index is 0.160. The molecule has 2 rings (SSSR count). The molecule has 0 atom stereocenters. The first-order valence-corrected chi connectivity index (χ1v) is 6.96. The molecule has 0 bridgehead atoms. The van der Waals surface area contributed by atoms with Gasteiger partial charge in [0.15, 0.2) is 11.5 Å². The summed E-state index contributed by atoms with van der Waals surface area (Å²) in [6.45, 7) is 0.